The van der Waals surface area contributed by atoms with Gasteiger partial charge in [-0.2, -0.15) is 0 Å². The summed E-state index contributed by atoms with van der Waals surface area (Å²) in [5.74, 6) is -0.994. The van der Waals surface area contributed by atoms with Crippen molar-refractivity contribution in [1.82, 2.24) is 9.21 Å². The molecule has 0 bridgehead atoms. The normalized spacial score (nSPS) is 13.9. The molecule has 0 aliphatic carbocycles. The fourth-order valence-electron chi connectivity index (χ4n) is 4.42. The number of rotatable bonds is 10. The van der Waals surface area contributed by atoms with Gasteiger partial charge in [-0.05, 0) is 48.2 Å². The molecule has 8 nitrogen and oxygen atoms in total. The maximum atomic E-state index is 13.0. The van der Waals surface area contributed by atoms with Gasteiger partial charge in [0.25, 0.3) is 11.8 Å². The molecular weight excluding hydrogens is 508 g/mol. The molecule has 1 aromatic heterocycles. The van der Waals surface area contributed by atoms with Crippen molar-refractivity contribution in [3.05, 3.63) is 81.7 Å². The Hall–Kier alpha value is -3.05. The van der Waals surface area contributed by atoms with Crippen LogP contribution in [0.5, 0.6) is 0 Å². The molecule has 0 radical (unpaired) electrons. The summed E-state index contributed by atoms with van der Waals surface area (Å²) in [6.07, 6.45) is 2.33. The number of nitrogens with two attached hydrogens (primary N) is 1. The number of amides is 2. The molecule has 1 aliphatic rings. The zero-order valence-electron chi connectivity index (χ0n) is 21.1. The SMILES string of the molecule is CCCCN(C)S(=O)(=O)c1ccc(C(=O)Nc2sc3c(c2C(N)=O)CCN(Cc2ccccc2)C3)cc1. The van der Waals surface area contributed by atoms with Crippen LogP contribution in [-0.4, -0.2) is 49.6 Å². The van der Waals surface area contributed by atoms with Crippen LogP contribution in [0.15, 0.2) is 59.5 Å². The Kier molecular flexibility index (Phi) is 8.43. The second-order valence-corrected chi connectivity index (χ2v) is 12.3. The molecule has 0 saturated heterocycles. The number of anilines is 1. The summed E-state index contributed by atoms with van der Waals surface area (Å²) < 4.78 is 26.8. The molecule has 196 valence electrons. The van der Waals surface area contributed by atoms with E-state index in [2.05, 4.69) is 22.3 Å². The highest BCUT2D eigenvalue weighted by atomic mass is 32.2. The van der Waals surface area contributed by atoms with Crippen LogP contribution in [0.1, 0.15) is 56.5 Å². The molecule has 1 aliphatic heterocycles. The number of hydrogen-bond donors (Lipinski definition) is 2. The van der Waals surface area contributed by atoms with Crippen molar-refractivity contribution in [3.8, 4) is 0 Å². The number of carbonyl (C=O) groups is 2. The minimum atomic E-state index is -3.62. The van der Waals surface area contributed by atoms with Crippen molar-refractivity contribution in [1.29, 1.82) is 0 Å². The van der Waals surface area contributed by atoms with Gasteiger partial charge in [-0.25, -0.2) is 12.7 Å². The van der Waals surface area contributed by atoms with E-state index in [1.165, 1.54) is 45.5 Å². The van der Waals surface area contributed by atoms with Crippen LogP contribution in [0, 0.1) is 0 Å². The third-order valence-corrected chi connectivity index (χ3v) is 9.51. The van der Waals surface area contributed by atoms with Crippen LogP contribution < -0.4 is 11.1 Å². The lowest BCUT2D eigenvalue weighted by molar-refractivity contribution is 0.0999. The maximum absolute atomic E-state index is 13.0. The molecule has 2 amide bonds. The largest absolute Gasteiger partial charge is 0.365 e. The fourth-order valence-corrected chi connectivity index (χ4v) is 6.92. The highest BCUT2D eigenvalue weighted by molar-refractivity contribution is 7.89. The Morgan fingerprint density at radius 3 is 2.46 bits per heavy atom. The van der Waals surface area contributed by atoms with E-state index < -0.39 is 21.8 Å². The number of primary amides is 1. The van der Waals surface area contributed by atoms with Crippen molar-refractivity contribution < 1.29 is 18.0 Å². The number of sulfonamides is 1. The molecule has 3 N–H and O–H groups in total. The average molecular weight is 541 g/mol. The summed E-state index contributed by atoms with van der Waals surface area (Å²) in [5, 5.41) is 3.27. The lowest BCUT2D eigenvalue weighted by Gasteiger charge is -2.27. The monoisotopic (exact) mass is 540 g/mol. The first-order valence-electron chi connectivity index (χ1n) is 12.3. The fraction of sp³-hybridized carbons (Fsp3) is 0.333. The molecule has 4 rings (SSSR count). The Bertz CT molecular complexity index is 1370. The molecule has 2 heterocycles. The summed E-state index contributed by atoms with van der Waals surface area (Å²) >= 11 is 1.37. The van der Waals surface area contributed by atoms with Crippen molar-refractivity contribution in [2.24, 2.45) is 5.73 Å². The van der Waals surface area contributed by atoms with Gasteiger partial charge in [0.1, 0.15) is 5.00 Å². The van der Waals surface area contributed by atoms with E-state index in [0.717, 1.165) is 36.4 Å². The van der Waals surface area contributed by atoms with Gasteiger partial charge in [0.05, 0.1) is 10.5 Å². The maximum Gasteiger partial charge on any atom is 0.256 e. The van der Waals surface area contributed by atoms with Crippen LogP contribution in [0.25, 0.3) is 0 Å². The summed E-state index contributed by atoms with van der Waals surface area (Å²) in [7, 11) is -2.07. The first-order chi connectivity index (χ1) is 17.7. The van der Waals surface area contributed by atoms with Crippen LogP contribution in [0.3, 0.4) is 0 Å². The zero-order valence-corrected chi connectivity index (χ0v) is 22.7. The van der Waals surface area contributed by atoms with Crippen molar-refractivity contribution in [2.75, 3.05) is 25.5 Å². The number of carbonyl (C=O) groups excluding carboxylic acids is 2. The number of benzene rings is 2. The molecule has 0 fully saturated rings. The van der Waals surface area contributed by atoms with Gasteiger partial charge >= 0.3 is 0 Å². The Balaban J connectivity index is 1.49. The quantitative estimate of drug-likeness (QED) is 0.402. The lowest BCUT2D eigenvalue weighted by Crippen LogP contribution is -2.30. The number of nitrogens with one attached hydrogen (secondary N) is 1. The standard InChI is InChI=1S/C27H32N4O4S2/c1-3-4-15-30(2)37(34,35)21-12-10-20(11-13-21)26(33)29-27-24(25(28)32)22-14-16-31(18-23(22)36-27)17-19-8-6-5-7-9-19/h5-13H,3-4,14-18H2,1-2H3,(H2,28,32)(H,29,33). The second kappa shape index (κ2) is 11.6. The second-order valence-electron chi connectivity index (χ2n) is 9.18. The van der Waals surface area contributed by atoms with Gasteiger partial charge in [-0.3, -0.25) is 14.5 Å². The van der Waals surface area contributed by atoms with Crippen LogP contribution in [0.2, 0.25) is 0 Å². The minimum absolute atomic E-state index is 0.130. The van der Waals surface area contributed by atoms with Gasteiger partial charge in [-0.15, -0.1) is 11.3 Å². The van der Waals surface area contributed by atoms with E-state index in [1.54, 1.807) is 7.05 Å². The number of unbranched alkanes of at least 4 members (excludes halogenated alkanes) is 1. The summed E-state index contributed by atoms with van der Waals surface area (Å²) in [4.78, 5) is 28.8. The zero-order chi connectivity index (χ0) is 26.6. The van der Waals surface area contributed by atoms with E-state index in [-0.39, 0.29) is 4.90 Å². The summed E-state index contributed by atoms with van der Waals surface area (Å²) in [5.41, 5.74) is 8.49. The third-order valence-electron chi connectivity index (χ3n) is 6.51. The third kappa shape index (κ3) is 6.10. The van der Waals surface area contributed by atoms with E-state index >= 15 is 0 Å². The average Bonchev–Trinajstić information content (AvgIpc) is 3.25. The highest BCUT2D eigenvalue weighted by Gasteiger charge is 2.28. The van der Waals surface area contributed by atoms with Crippen LogP contribution in [-0.2, 0) is 29.5 Å². The molecule has 3 aromatic rings. The van der Waals surface area contributed by atoms with E-state index in [1.807, 2.05) is 25.1 Å². The molecule has 10 heteroatoms. The predicted molar refractivity (Wildman–Crippen MR) is 146 cm³/mol. The van der Waals surface area contributed by atoms with Gasteiger partial charge in [0.2, 0.25) is 10.0 Å². The van der Waals surface area contributed by atoms with Crippen molar-refractivity contribution in [2.45, 2.75) is 44.2 Å². The molecule has 0 spiro atoms. The highest BCUT2D eigenvalue weighted by Crippen LogP contribution is 2.37. The number of fused-ring (bicyclic) bond motifs is 1. The Labute approximate surface area is 222 Å². The van der Waals surface area contributed by atoms with Gasteiger partial charge in [0, 0.05) is 43.7 Å². The minimum Gasteiger partial charge on any atom is -0.365 e. The van der Waals surface area contributed by atoms with Crippen molar-refractivity contribution in [3.63, 3.8) is 0 Å². The molecule has 37 heavy (non-hydrogen) atoms. The number of nitrogens with zero attached hydrogens (tertiary/aromatic N) is 2. The lowest BCUT2D eigenvalue weighted by atomic mass is 10.0. The van der Waals surface area contributed by atoms with E-state index in [9.17, 15) is 18.0 Å². The predicted octanol–water partition coefficient (Wildman–Crippen LogP) is 4.08. The molecule has 0 unspecified atom stereocenters. The molecule has 2 aromatic carbocycles. The van der Waals surface area contributed by atoms with Gasteiger partial charge in [0.15, 0.2) is 0 Å². The topological polar surface area (TPSA) is 113 Å². The summed E-state index contributed by atoms with van der Waals surface area (Å²) in [6.45, 7) is 4.69. The van der Waals surface area contributed by atoms with E-state index in [4.69, 9.17) is 5.73 Å². The summed E-state index contributed by atoms with van der Waals surface area (Å²) in [6, 6.07) is 16.0. The molecular formula is C27H32N4O4S2. The number of thiophene rings is 1. The molecule has 0 saturated carbocycles. The Morgan fingerprint density at radius 1 is 1.11 bits per heavy atom. The van der Waals surface area contributed by atoms with Crippen molar-refractivity contribution >= 4 is 38.2 Å². The van der Waals surface area contributed by atoms with Crippen LogP contribution in [0.4, 0.5) is 5.00 Å². The molecule has 0 atom stereocenters. The smallest absolute Gasteiger partial charge is 0.256 e. The van der Waals surface area contributed by atoms with Gasteiger partial charge < -0.3 is 11.1 Å². The first-order valence-corrected chi connectivity index (χ1v) is 14.5. The Morgan fingerprint density at radius 2 is 1.81 bits per heavy atom. The number of hydrogen-bond acceptors (Lipinski definition) is 6. The first kappa shape index (κ1) is 27.0. The van der Waals surface area contributed by atoms with Gasteiger partial charge in [-0.1, -0.05) is 43.7 Å². The van der Waals surface area contributed by atoms with E-state index in [0.29, 0.717) is 35.6 Å². The van der Waals surface area contributed by atoms with Crippen LogP contribution >= 0.6 is 11.3 Å².